The van der Waals surface area contributed by atoms with Gasteiger partial charge in [-0.15, -0.1) is 0 Å². The van der Waals surface area contributed by atoms with Crippen molar-refractivity contribution in [1.82, 2.24) is 14.5 Å². The van der Waals surface area contributed by atoms with Gasteiger partial charge in [0.1, 0.15) is 5.82 Å². The van der Waals surface area contributed by atoms with Crippen molar-refractivity contribution in [3.63, 3.8) is 0 Å². The second-order valence-electron chi connectivity index (χ2n) is 6.76. The first kappa shape index (κ1) is 16.6. The van der Waals surface area contributed by atoms with Crippen molar-refractivity contribution >= 4 is 16.9 Å². The summed E-state index contributed by atoms with van der Waals surface area (Å²) < 4.78 is 2.02. The molecule has 0 atom stereocenters. The van der Waals surface area contributed by atoms with E-state index >= 15 is 0 Å². The van der Waals surface area contributed by atoms with Gasteiger partial charge in [0, 0.05) is 23.8 Å². The van der Waals surface area contributed by atoms with E-state index in [0.29, 0.717) is 18.4 Å². The van der Waals surface area contributed by atoms with E-state index in [1.165, 1.54) is 0 Å². The lowest BCUT2D eigenvalue weighted by Crippen LogP contribution is -2.29. The number of nitriles is 1. The molecule has 0 saturated heterocycles. The van der Waals surface area contributed by atoms with Gasteiger partial charge >= 0.3 is 0 Å². The van der Waals surface area contributed by atoms with Gasteiger partial charge < -0.3 is 15.0 Å². The van der Waals surface area contributed by atoms with Crippen LogP contribution < -0.4 is 5.32 Å². The Morgan fingerprint density at radius 3 is 2.85 bits per heavy atom. The molecule has 1 aliphatic rings. The number of hydrogen-bond donors (Lipinski definition) is 2. The molecule has 0 unspecified atom stereocenters. The zero-order valence-electron chi connectivity index (χ0n) is 14.5. The average Bonchev–Trinajstić information content (AvgIpc) is 3.09. The number of hydrogen-bond acceptors (Lipinski definition) is 5. The second-order valence-corrected chi connectivity index (χ2v) is 6.76. The number of aliphatic hydroxyl groups is 1. The first-order chi connectivity index (χ1) is 12.7. The normalized spacial score (nSPS) is 20.0. The maximum absolute atomic E-state index is 9.64. The summed E-state index contributed by atoms with van der Waals surface area (Å²) in [5.41, 5.74) is 2.06. The molecule has 0 aliphatic heterocycles. The summed E-state index contributed by atoms with van der Waals surface area (Å²) in [7, 11) is 0. The van der Waals surface area contributed by atoms with Crippen molar-refractivity contribution in [2.75, 3.05) is 5.32 Å². The maximum Gasteiger partial charge on any atom is 0.224 e. The summed E-state index contributed by atoms with van der Waals surface area (Å²) >= 11 is 0. The van der Waals surface area contributed by atoms with Crippen molar-refractivity contribution in [3.05, 3.63) is 48.3 Å². The van der Waals surface area contributed by atoms with Crippen LogP contribution >= 0.6 is 0 Å². The number of nitrogens with one attached hydrogen (secondary N) is 1. The number of nitrogens with zero attached hydrogens (tertiary/aromatic N) is 4. The van der Waals surface area contributed by atoms with Crippen LogP contribution in [0.25, 0.3) is 16.7 Å². The molecule has 0 bridgehead atoms. The van der Waals surface area contributed by atoms with E-state index in [1.54, 1.807) is 6.20 Å². The Kier molecular flexibility index (Phi) is 4.55. The standard InChI is InChI=1S/C20H21N5O/c21-11-8-14-2-1-3-18-17(14)10-13-25(18)19-9-12-22-20(24-19)23-15-4-6-16(26)7-5-15/h1-3,9-10,12-13,15-16,26H,4-8H2,(H,22,23,24)/t15-,16-. The number of aliphatic hydroxyl groups excluding tert-OH is 1. The molecule has 3 aromatic rings. The third-order valence-electron chi connectivity index (χ3n) is 5.01. The highest BCUT2D eigenvalue weighted by molar-refractivity contribution is 5.85. The van der Waals surface area contributed by atoms with Crippen LogP contribution in [0.4, 0.5) is 5.95 Å². The molecule has 2 N–H and O–H groups in total. The van der Waals surface area contributed by atoms with E-state index in [1.807, 2.05) is 41.1 Å². The summed E-state index contributed by atoms with van der Waals surface area (Å²) in [5, 5.41) is 23.1. The van der Waals surface area contributed by atoms with Gasteiger partial charge in [-0.05, 0) is 49.4 Å². The van der Waals surface area contributed by atoms with Crippen LogP contribution in [0.1, 0.15) is 31.2 Å². The smallest absolute Gasteiger partial charge is 0.224 e. The molecule has 1 fully saturated rings. The van der Waals surface area contributed by atoms with Gasteiger partial charge in [0.2, 0.25) is 5.95 Å². The Morgan fingerprint density at radius 1 is 1.19 bits per heavy atom. The quantitative estimate of drug-likeness (QED) is 0.757. The van der Waals surface area contributed by atoms with Crippen molar-refractivity contribution in [2.45, 2.75) is 44.2 Å². The van der Waals surface area contributed by atoms with Gasteiger partial charge in [0.05, 0.1) is 24.1 Å². The fourth-order valence-electron chi connectivity index (χ4n) is 3.63. The topological polar surface area (TPSA) is 86.8 Å². The summed E-state index contributed by atoms with van der Waals surface area (Å²) in [6.45, 7) is 0. The third-order valence-corrected chi connectivity index (χ3v) is 5.01. The highest BCUT2D eigenvalue weighted by Gasteiger charge is 2.20. The molecule has 132 valence electrons. The average molecular weight is 347 g/mol. The van der Waals surface area contributed by atoms with Crippen LogP contribution in [0.5, 0.6) is 0 Å². The molecule has 4 rings (SSSR count). The molecular formula is C20H21N5O. The number of rotatable bonds is 4. The van der Waals surface area contributed by atoms with Crippen molar-refractivity contribution < 1.29 is 5.11 Å². The van der Waals surface area contributed by atoms with Crippen LogP contribution in [-0.4, -0.2) is 31.8 Å². The second kappa shape index (κ2) is 7.14. The van der Waals surface area contributed by atoms with E-state index in [9.17, 15) is 5.11 Å². The van der Waals surface area contributed by atoms with Crippen LogP contribution in [0.15, 0.2) is 42.7 Å². The molecule has 1 aromatic carbocycles. The van der Waals surface area contributed by atoms with E-state index in [0.717, 1.165) is 48.0 Å². The van der Waals surface area contributed by atoms with Crippen molar-refractivity contribution in [1.29, 1.82) is 5.26 Å². The number of benzene rings is 1. The van der Waals surface area contributed by atoms with E-state index in [2.05, 4.69) is 21.4 Å². The largest absolute Gasteiger partial charge is 0.393 e. The molecular weight excluding hydrogens is 326 g/mol. The lowest BCUT2D eigenvalue weighted by Gasteiger charge is -2.26. The number of anilines is 1. The molecule has 1 aliphatic carbocycles. The lowest BCUT2D eigenvalue weighted by atomic mass is 9.93. The Hall–Kier alpha value is -2.91. The van der Waals surface area contributed by atoms with Gasteiger partial charge in [0.15, 0.2) is 0 Å². The fourth-order valence-corrected chi connectivity index (χ4v) is 3.63. The SMILES string of the molecule is N#CCc1cccc2c1ccn2-c1ccnc(N[C@H]2CC[C@H](O)CC2)n1. The molecule has 1 saturated carbocycles. The first-order valence-electron chi connectivity index (χ1n) is 8.98. The van der Waals surface area contributed by atoms with E-state index in [-0.39, 0.29) is 6.10 Å². The summed E-state index contributed by atoms with van der Waals surface area (Å²) in [6, 6.07) is 12.4. The van der Waals surface area contributed by atoms with Gasteiger partial charge in [-0.1, -0.05) is 12.1 Å². The highest BCUT2D eigenvalue weighted by atomic mass is 16.3. The zero-order chi connectivity index (χ0) is 17.9. The minimum Gasteiger partial charge on any atom is -0.393 e. The van der Waals surface area contributed by atoms with Gasteiger partial charge in [-0.25, -0.2) is 4.98 Å². The monoisotopic (exact) mass is 347 g/mol. The Labute approximate surface area is 152 Å². The fraction of sp³-hybridized carbons (Fsp3) is 0.350. The molecule has 2 heterocycles. The maximum atomic E-state index is 9.64. The Bertz CT molecular complexity index is 950. The van der Waals surface area contributed by atoms with Gasteiger partial charge in [-0.2, -0.15) is 10.2 Å². The highest BCUT2D eigenvalue weighted by Crippen LogP contribution is 2.24. The summed E-state index contributed by atoms with van der Waals surface area (Å²) in [4.78, 5) is 9.02. The third kappa shape index (κ3) is 3.26. The summed E-state index contributed by atoms with van der Waals surface area (Å²) in [5.74, 6) is 1.40. The van der Waals surface area contributed by atoms with Gasteiger partial charge in [0.25, 0.3) is 0 Å². The number of fused-ring (bicyclic) bond motifs is 1. The van der Waals surface area contributed by atoms with Gasteiger partial charge in [-0.3, -0.25) is 0 Å². The zero-order valence-corrected chi connectivity index (χ0v) is 14.5. The van der Waals surface area contributed by atoms with E-state index in [4.69, 9.17) is 5.26 Å². The number of aromatic nitrogens is 3. The van der Waals surface area contributed by atoms with Crippen molar-refractivity contribution in [3.8, 4) is 11.9 Å². The van der Waals surface area contributed by atoms with Crippen LogP contribution in [-0.2, 0) is 6.42 Å². The lowest BCUT2D eigenvalue weighted by molar-refractivity contribution is 0.126. The first-order valence-corrected chi connectivity index (χ1v) is 8.98. The summed E-state index contributed by atoms with van der Waals surface area (Å²) in [6.07, 6.45) is 7.46. The van der Waals surface area contributed by atoms with E-state index < -0.39 is 0 Å². The van der Waals surface area contributed by atoms with Crippen LogP contribution in [0.3, 0.4) is 0 Å². The molecule has 6 heteroatoms. The predicted octanol–water partition coefficient (Wildman–Crippen LogP) is 3.20. The van der Waals surface area contributed by atoms with Crippen LogP contribution in [0, 0.1) is 11.3 Å². The molecule has 0 spiro atoms. The molecule has 0 amide bonds. The Morgan fingerprint density at radius 2 is 2.04 bits per heavy atom. The predicted molar refractivity (Wildman–Crippen MR) is 100 cm³/mol. The molecule has 26 heavy (non-hydrogen) atoms. The molecule has 0 radical (unpaired) electrons. The minimum atomic E-state index is -0.172. The van der Waals surface area contributed by atoms with Crippen molar-refractivity contribution in [2.24, 2.45) is 0 Å². The molecule has 2 aromatic heterocycles. The minimum absolute atomic E-state index is 0.172. The van der Waals surface area contributed by atoms with Crippen LogP contribution in [0.2, 0.25) is 0 Å². The Balaban J connectivity index is 1.62. The molecule has 6 nitrogen and oxygen atoms in total.